The Balaban J connectivity index is 2.24. The summed E-state index contributed by atoms with van der Waals surface area (Å²) in [5.74, 6) is 0.567. The van der Waals surface area contributed by atoms with Crippen LogP contribution < -0.4 is 10.6 Å². The maximum atomic E-state index is 13.4. The predicted octanol–water partition coefficient (Wildman–Crippen LogP) is 3.34. The lowest BCUT2D eigenvalue weighted by molar-refractivity contribution is 0.521. The number of nitrogens with two attached hydrogens (primary N) is 1. The van der Waals surface area contributed by atoms with Crippen molar-refractivity contribution in [2.45, 2.75) is 33.1 Å². The second kappa shape index (κ2) is 4.94. The zero-order chi connectivity index (χ0) is 12.4. The summed E-state index contributed by atoms with van der Waals surface area (Å²) in [5.41, 5.74) is 8.15. The van der Waals surface area contributed by atoms with Gasteiger partial charge >= 0.3 is 0 Å². The van der Waals surface area contributed by atoms with E-state index in [2.05, 4.69) is 11.8 Å². The van der Waals surface area contributed by atoms with E-state index < -0.39 is 0 Å². The molecule has 1 aromatic rings. The number of hydrogen-bond acceptors (Lipinski definition) is 2. The van der Waals surface area contributed by atoms with Gasteiger partial charge in [0.2, 0.25) is 0 Å². The quantitative estimate of drug-likeness (QED) is 0.758. The van der Waals surface area contributed by atoms with E-state index in [1.165, 1.54) is 25.3 Å². The monoisotopic (exact) mass is 236 g/mol. The van der Waals surface area contributed by atoms with Gasteiger partial charge in [0.15, 0.2) is 0 Å². The Labute approximate surface area is 103 Å². The Hall–Kier alpha value is -1.25. The molecule has 1 aliphatic rings. The molecule has 0 bridgehead atoms. The highest BCUT2D eigenvalue weighted by atomic mass is 19.1. The van der Waals surface area contributed by atoms with Crippen LogP contribution in [0.2, 0.25) is 0 Å². The fourth-order valence-electron chi connectivity index (χ4n) is 2.46. The molecule has 0 saturated carbocycles. The number of benzene rings is 1. The molecular formula is C14H21FN2. The van der Waals surface area contributed by atoms with Crippen LogP contribution in [0.25, 0.3) is 0 Å². The summed E-state index contributed by atoms with van der Waals surface area (Å²) in [6.07, 6.45) is 3.66. The molecule has 0 aromatic heterocycles. The van der Waals surface area contributed by atoms with Gasteiger partial charge in [-0.25, -0.2) is 4.39 Å². The minimum atomic E-state index is -0.213. The van der Waals surface area contributed by atoms with Crippen molar-refractivity contribution >= 4 is 11.4 Å². The standard InChI is InChI=1S/C14H21FN2/c1-10-4-3-6-17(7-5-10)14-8-11(2)12(15)9-13(14)16/h8-10H,3-7,16H2,1-2H3. The molecule has 1 fully saturated rings. The third-order valence-electron chi connectivity index (χ3n) is 3.67. The van der Waals surface area contributed by atoms with Gasteiger partial charge in [0, 0.05) is 13.1 Å². The second-order valence-electron chi connectivity index (χ2n) is 5.18. The van der Waals surface area contributed by atoms with Crippen LogP contribution in [-0.2, 0) is 0 Å². The summed E-state index contributed by atoms with van der Waals surface area (Å²) in [6, 6.07) is 3.32. The van der Waals surface area contributed by atoms with Crippen LogP contribution in [-0.4, -0.2) is 13.1 Å². The Morgan fingerprint density at radius 1 is 1.29 bits per heavy atom. The van der Waals surface area contributed by atoms with Crippen LogP contribution in [0.3, 0.4) is 0 Å². The average Bonchev–Trinajstić information content (AvgIpc) is 2.49. The molecular weight excluding hydrogens is 215 g/mol. The topological polar surface area (TPSA) is 29.3 Å². The number of rotatable bonds is 1. The Bertz CT molecular complexity index is 403. The number of nitrogen functional groups attached to an aromatic ring is 1. The van der Waals surface area contributed by atoms with Gasteiger partial charge in [0.1, 0.15) is 5.82 Å². The maximum absolute atomic E-state index is 13.4. The van der Waals surface area contributed by atoms with Crippen LogP contribution >= 0.6 is 0 Å². The molecule has 1 aromatic carbocycles. The number of hydrogen-bond donors (Lipinski definition) is 1. The van der Waals surface area contributed by atoms with Gasteiger partial charge in [-0.3, -0.25) is 0 Å². The van der Waals surface area contributed by atoms with Crippen molar-refractivity contribution in [2.24, 2.45) is 5.92 Å². The van der Waals surface area contributed by atoms with E-state index in [4.69, 9.17) is 5.73 Å². The van der Waals surface area contributed by atoms with Crippen molar-refractivity contribution in [1.82, 2.24) is 0 Å². The third-order valence-corrected chi connectivity index (χ3v) is 3.67. The summed E-state index contributed by atoms with van der Waals surface area (Å²) < 4.78 is 13.4. The molecule has 1 saturated heterocycles. The van der Waals surface area contributed by atoms with Crippen LogP contribution in [0.5, 0.6) is 0 Å². The lowest BCUT2D eigenvalue weighted by Crippen LogP contribution is -2.25. The summed E-state index contributed by atoms with van der Waals surface area (Å²) in [7, 11) is 0. The molecule has 2 nitrogen and oxygen atoms in total. The predicted molar refractivity (Wildman–Crippen MR) is 70.8 cm³/mol. The zero-order valence-electron chi connectivity index (χ0n) is 10.7. The van der Waals surface area contributed by atoms with Crippen molar-refractivity contribution in [1.29, 1.82) is 0 Å². The van der Waals surface area contributed by atoms with Crippen LogP contribution in [0.1, 0.15) is 31.7 Å². The van der Waals surface area contributed by atoms with E-state index >= 15 is 0 Å². The molecule has 1 aliphatic heterocycles. The molecule has 17 heavy (non-hydrogen) atoms. The fraction of sp³-hybridized carbons (Fsp3) is 0.571. The first-order chi connectivity index (χ1) is 8.08. The summed E-state index contributed by atoms with van der Waals surface area (Å²) in [6.45, 7) is 6.14. The Kier molecular flexibility index (Phi) is 3.55. The van der Waals surface area contributed by atoms with Gasteiger partial charge in [-0.1, -0.05) is 6.92 Å². The van der Waals surface area contributed by atoms with E-state index in [0.717, 1.165) is 24.7 Å². The summed E-state index contributed by atoms with van der Waals surface area (Å²) in [5, 5.41) is 0. The molecule has 2 N–H and O–H groups in total. The lowest BCUT2D eigenvalue weighted by Gasteiger charge is -2.25. The third kappa shape index (κ3) is 2.71. The molecule has 0 spiro atoms. The van der Waals surface area contributed by atoms with Crippen molar-refractivity contribution in [3.8, 4) is 0 Å². The van der Waals surface area contributed by atoms with E-state index in [9.17, 15) is 4.39 Å². The van der Waals surface area contributed by atoms with Crippen LogP contribution in [0.15, 0.2) is 12.1 Å². The number of aryl methyl sites for hydroxylation is 1. The van der Waals surface area contributed by atoms with Crippen molar-refractivity contribution in [3.05, 3.63) is 23.5 Å². The minimum absolute atomic E-state index is 0.213. The Morgan fingerprint density at radius 3 is 2.82 bits per heavy atom. The molecule has 0 radical (unpaired) electrons. The molecule has 2 rings (SSSR count). The highest BCUT2D eigenvalue weighted by Crippen LogP contribution is 2.29. The number of anilines is 2. The first-order valence-corrected chi connectivity index (χ1v) is 6.38. The first-order valence-electron chi connectivity index (χ1n) is 6.38. The zero-order valence-corrected chi connectivity index (χ0v) is 10.7. The molecule has 3 heteroatoms. The van der Waals surface area contributed by atoms with Gasteiger partial charge in [-0.15, -0.1) is 0 Å². The highest BCUT2D eigenvalue weighted by Gasteiger charge is 2.17. The molecule has 1 atom stereocenters. The van der Waals surface area contributed by atoms with Crippen molar-refractivity contribution < 1.29 is 4.39 Å². The van der Waals surface area contributed by atoms with Gasteiger partial charge in [0.05, 0.1) is 11.4 Å². The largest absolute Gasteiger partial charge is 0.397 e. The molecule has 1 unspecified atom stereocenters. The van der Waals surface area contributed by atoms with Gasteiger partial charge < -0.3 is 10.6 Å². The summed E-state index contributed by atoms with van der Waals surface area (Å²) in [4.78, 5) is 2.30. The highest BCUT2D eigenvalue weighted by molar-refractivity contribution is 5.68. The fourth-order valence-corrected chi connectivity index (χ4v) is 2.46. The van der Waals surface area contributed by atoms with Gasteiger partial charge in [0.25, 0.3) is 0 Å². The molecule has 94 valence electrons. The smallest absolute Gasteiger partial charge is 0.128 e. The van der Waals surface area contributed by atoms with Gasteiger partial charge in [-0.2, -0.15) is 0 Å². The van der Waals surface area contributed by atoms with E-state index in [-0.39, 0.29) is 5.82 Å². The first kappa shape index (κ1) is 12.2. The minimum Gasteiger partial charge on any atom is -0.397 e. The average molecular weight is 236 g/mol. The van der Waals surface area contributed by atoms with Crippen LogP contribution in [0.4, 0.5) is 15.8 Å². The maximum Gasteiger partial charge on any atom is 0.128 e. The van der Waals surface area contributed by atoms with E-state index in [1.807, 2.05) is 6.07 Å². The van der Waals surface area contributed by atoms with Crippen LogP contribution in [0, 0.1) is 18.7 Å². The normalized spacial score (nSPS) is 21.4. The number of nitrogens with zero attached hydrogens (tertiary/aromatic N) is 1. The SMILES string of the molecule is Cc1cc(N2CCCC(C)CC2)c(N)cc1F. The van der Waals surface area contributed by atoms with Gasteiger partial charge in [-0.05, 0) is 49.8 Å². The second-order valence-corrected chi connectivity index (χ2v) is 5.18. The molecule has 0 amide bonds. The number of halogens is 1. The molecule has 1 heterocycles. The van der Waals surface area contributed by atoms with Crippen molar-refractivity contribution in [2.75, 3.05) is 23.7 Å². The van der Waals surface area contributed by atoms with Crippen molar-refractivity contribution in [3.63, 3.8) is 0 Å². The molecule has 0 aliphatic carbocycles. The summed E-state index contributed by atoms with van der Waals surface area (Å²) >= 11 is 0. The lowest BCUT2D eigenvalue weighted by atomic mass is 10.0. The van der Waals surface area contributed by atoms with E-state index in [1.54, 1.807) is 6.92 Å². The Morgan fingerprint density at radius 2 is 2.06 bits per heavy atom. The van der Waals surface area contributed by atoms with E-state index in [0.29, 0.717) is 11.3 Å².